The van der Waals surface area contributed by atoms with Gasteiger partial charge in [-0.2, -0.15) is 0 Å². The number of fused-ring (bicyclic) bond motifs is 12. The van der Waals surface area contributed by atoms with Gasteiger partial charge in [0.2, 0.25) is 0 Å². The van der Waals surface area contributed by atoms with Crippen LogP contribution in [0, 0.1) is 18.8 Å². The van der Waals surface area contributed by atoms with Crippen LogP contribution in [0.4, 0.5) is 0 Å². The van der Waals surface area contributed by atoms with E-state index in [9.17, 15) is 78.0 Å². The molecule has 0 bridgehead atoms. The maximum absolute atomic E-state index is 13.0. The molecule has 1 aliphatic rings. The average Bonchev–Trinajstić information content (AvgIpc) is 0.757. The van der Waals surface area contributed by atoms with Crippen molar-refractivity contribution in [3.8, 4) is 11.8 Å². The van der Waals surface area contributed by atoms with Crippen molar-refractivity contribution in [2.24, 2.45) is 0 Å². The highest BCUT2D eigenvalue weighted by Gasteiger charge is 2.24. The molecule has 21 rings (SSSR count). The Hall–Kier alpha value is -16.5. The third-order valence-corrected chi connectivity index (χ3v) is 26.3. The zero-order chi connectivity index (χ0) is 98.7. The molecule has 6 aromatic heterocycles. The standard InChI is InChI=1S/C23H19NO3.C23H15NO3.C21H21NO3.C16H12ClNO3.2C15H10BrNO3/c2*25-22(26)15-24-20-9-5-4-8-18(20)23(27)19-14-17(12-13-21(19)24)11-10-16-6-2-1-3-7-16;23-20(24)13-22-18-9-5-4-8-16(18)21(25)17-12-15(10-11-19(17)22)14-6-2-1-3-7-14;1-9-6-7-11-15(14(9)17)18(8-13(19)20)12-5-3-2-4-10(12)16(11)21;16-10-5-3-7-12-14(10)15(20)9-4-1-2-6-11(9)17(12)8-13(18)19;16-9-5-6-13-11(7-9)15(20)10-3-1-2-4-12(10)17(13)8-14(18)19/h1-9,12-14H,10-11,15H2,(H,25,26);1-9,12-14H,15H2,(H,25,26);4-5,8-12,14H,1-3,6-7,13H2,(H,23,24);2-7H,8H2,1H3,(H,19,20);2*1-7H,8H2,(H,18,19). The molecular formula is C113H87Br2ClN6O18. The van der Waals surface area contributed by atoms with Gasteiger partial charge < -0.3 is 58.0 Å². The van der Waals surface area contributed by atoms with Crippen molar-refractivity contribution in [1.82, 2.24) is 27.4 Å². The fourth-order valence-electron chi connectivity index (χ4n) is 18.3. The van der Waals surface area contributed by atoms with E-state index >= 15 is 0 Å². The lowest BCUT2D eigenvalue weighted by atomic mass is 9.83. The zero-order valence-corrected chi connectivity index (χ0v) is 79.0. The predicted octanol–water partition coefficient (Wildman–Crippen LogP) is 21.2. The van der Waals surface area contributed by atoms with Crippen LogP contribution < -0.4 is 32.6 Å². The van der Waals surface area contributed by atoms with Gasteiger partial charge in [0.05, 0.1) is 76.6 Å². The monoisotopic (exact) mass is 2010 g/mol. The van der Waals surface area contributed by atoms with Gasteiger partial charge >= 0.3 is 35.8 Å². The quantitative estimate of drug-likeness (QED) is 0.0386. The molecule has 0 aliphatic heterocycles. The summed E-state index contributed by atoms with van der Waals surface area (Å²) >= 11 is 13.0. The molecule has 698 valence electrons. The normalized spacial score (nSPS) is 11.8. The van der Waals surface area contributed by atoms with Gasteiger partial charge in [-0.25, -0.2) is 0 Å². The number of carboxylic acids is 6. The first-order valence-electron chi connectivity index (χ1n) is 44.8. The largest absolute Gasteiger partial charge is 0.480 e. The van der Waals surface area contributed by atoms with Crippen LogP contribution in [0.3, 0.4) is 0 Å². The van der Waals surface area contributed by atoms with E-state index in [0.29, 0.717) is 152 Å². The average molecular weight is 2010 g/mol. The van der Waals surface area contributed by atoms with E-state index in [4.69, 9.17) is 21.8 Å². The Morgan fingerprint density at radius 1 is 0.300 bits per heavy atom. The molecule has 0 unspecified atom stereocenters. The maximum atomic E-state index is 13.0. The summed E-state index contributed by atoms with van der Waals surface area (Å²) in [6.07, 6.45) is 7.83. The molecule has 1 aliphatic carbocycles. The van der Waals surface area contributed by atoms with E-state index in [1.807, 2.05) is 116 Å². The molecule has 140 heavy (non-hydrogen) atoms. The number of aromatic nitrogens is 6. The van der Waals surface area contributed by atoms with Crippen molar-refractivity contribution in [3.63, 3.8) is 0 Å². The Balaban J connectivity index is 0.000000122. The van der Waals surface area contributed by atoms with Crippen molar-refractivity contribution >= 4 is 210 Å². The van der Waals surface area contributed by atoms with Gasteiger partial charge in [-0.3, -0.25) is 57.5 Å². The lowest BCUT2D eigenvalue weighted by Gasteiger charge is -2.22. The predicted molar refractivity (Wildman–Crippen MR) is 557 cm³/mol. The second kappa shape index (κ2) is 42.8. The van der Waals surface area contributed by atoms with Crippen molar-refractivity contribution in [1.29, 1.82) is 0 Å². The number of hydrogen-bond acceptors (Lipinski definition) is 12. The number of para-hydroxylation sites is 6. The van der Waals surface area contributed by atoms with E-state index in [1.54, 1.807) is 209 Å². The van der Waals surface area contributed by atoms with Crippen LogP contribution in [0.25, 0.3) is 131 Å². The molecule has 14 aromatic carbocycles. The highest BCUT2D eigenvalue weighted by atomic mass is 79.9. The number of aryl methyl sites for hydroxylation is 3. The molecule has 24 nitrogen and oxygen atoms in total. The number of rotatable bonds is 16. The number of nitrogens with zero attached hydrogens (tertiary/aromatic N) is 6. The summed E-state index contributed by atoms with van der Waals surface area (Å²) < 4.78 is 11.4. The van der Waals surface area contributed by atoms with Crippen molar-refractivity contribution in [2.45, 2.75) is 97.1 Å². The molecule has 27 heteroatoms. The Labute approximate surface area is 818 Å². The third kappa shape index (κ3) is 20.9. The van der Waals surface area contributed by atoms with Crippen molar-refractivity contribution in [2.75, 3.05) is 0 Å². The lowest BCUT2D eigenvalue weighted by molar-refractivity contribution is -0.138. The second-order valence-electron chi connectivity index (χ2n) is 33.6. The van der Waals surface area contributed by atoms with E-state index in [0.717, 1.165) is 34.0 Å². The van der Waals surface area contributed by atoms with E-state index < -0.39 is 35.8 Å². The summed E-state index contributed by atoms with van der Waals surface area (Å²) in [4.78, 5) is 144. The lowest BCUT2D eigenvalue weighted by Crippen LogP contribution is -2.16. The van der Waals surface area contributed by atoms with Crippen LogP contribution in [0.15, 0.2) is 347 Å². The molecule has 0 radical (unpaired) electrons. The van der Waals surface area contributed by atoms with Crippen LogP contribution >= 0.6 is 43.5 Å². The SMILES string of the molecule is Cc1ccc2c(=O)c3ccccc3n(CC(=O)O)c2c1Cl.O=C(O)Cn1c2ccccc2c(=O)c2c(Br)cccc21.O=C(O)Cn1c2ccccc2c(=O)c2cc(Br)ccc21.O=C(O)Cn1c2ccccc2c(=O)c2cc(C#Cc3ccccc3)ccc21.O=C(O)Cn1c2ccccc2c(=O)c2cc(C3CCCCC3)ccc21.O=C(O)Cn1c2ccccc2c(=O)c2cc(CCc3ccccc3)ccc21. The number of carbonyl (C=O) groups is 6. The Morgan fingerprint density at radius 3 is 1.09 bits per heavy atom. The van der Waals surface area contributed by atoms with Crippen LogP contribution in [0.5, 0.6) is 0 Å². The molecule has 0 spiro atoms. The second-order valence-corrected chi connectivity index (χ2v) is 35.8. The summed E-state index contributed by atoms with van der Waals surface area (Å²) in [6, 6.07) is 93.5. The van der Waals surface area contributed by atoms with Gasteiger partial charge in [0.25, 0.3) is 0 Å². The van der Waals surface area contributed by atoms with Crippen LogP contribution in [0.2, 0.25) is 5.02 Å². The molecule has 0 amide bonds. The summed E-state index contributed by atoms with van der Waals surface area (Å²) in [6.45, 7) is 0.659. The van der Waals surface area contributed by atoms with Gasteiger partial charge in [-0.15, -0.1) is 0 Å². The minimum absolute atomic E-state index is 0.00935. The molecule has 1 fully saturated rings. The van der Waals surface area contributed by atoms with Gasteiger partial charge in [0.15, 0.2) is 32.6 Å². The topological polar surface area (TPSA) is 356 Å². The Kier molecular flexibility index (Phi) is 29.6. The Morgan fingerprint density at radius 2 is 0.636 bits per heavy atom. The van der Waals surface area contributed by atoms with E-state index in [1.165, 1.54) is 43.2 Å². The van der Waals surface area contributed by atoms with Gasteiger partial charge in [0, 0.05) is 79.3 Å². The fourth-order valence-corrected chi connectivity index (χ4v) is 19.5. The number of pyridine rings is 6. The summed E-state index contributed by atoms with van der Waals surface area (Å²) in [5.74, 6) is 0.989. The number of aliphatic carboxylic acids is 6. The zero-order valence-electron chi connectivity index (χ0n) is 75.1. The highest BCUT2D eigenvalue weighted by Crippen LogP contribution is 2.36. The van der Waals surface area contributed by atoms with Crippen LogP contribution in [0.1, 0.15) is 71.4 Å². The maximum Gasteiger partial charge on any atom is 0.323 e. The van der Waals surface area contributed by atoms with Crippen molar-refractivity contribution < 1.29 is 59.4 Å². The fraction of sp³-hybridized carbons (Fsp3) is 0.133. The smallest absolute Gasteiger partial charge is 0.323 e. The molecule has 6 N–H and O–H groups in total. The van der Waals surface area contributed by atoms with Crippen molar-refractivity contribution in [3.05, 3.63) is 418 Å². The number of hydrogen-bond donors (Lipinski definition) is 6. The van der Waals surface area contributed by atoms with E-state index in [2.05, 4.69) is 61.9 Å². The molecule has 6 heterocycles. The summed E-state index contributed by atoms with van der Waals surface area (Å²) in [5, 5.41) is 62.0. The number of benzene rings is 14. The highest BCUT2D eigenvalue weighted by molar-refractivity contribution is 9.11. The third-order valence-electron chi connectivity index (χ3n) is 24.7. The minimum atomic E-state index is -0.984. The molecule has 1 saturated carbocycles. The number of carboxylic acid groups (broad SMARTS) is 6. The first-order chi connectivity index (χ1) is 67.6. The first kappa shape index (κ1) is 96.6. The van der Waals surface area contributed by atoms with Gasteiger partial charge in [-0.05, 0) is 241 Å². The van der Waals surface area contributed by atoms with Crippen LogP contribution in [-0.4, -0.2) is 93.9 Å². The van der Waals surface area contributed by atoms with Gasteiger partial charge in [-0.1, -0.05) is 204 Å². The number of halogens is 3. The molecule has 0 saturated heterocycles. The van der Waals surface area contributed by atoms with Crippen LogP contribution in [-0.2, 0) is 80.9 Å². The first-order valence-corrected chi connectivity index (χ1v) is 46.7. The minimum Gasteiger partial charge on any atom is -0.480 e. The van der Waals surface area contributed by atoms with Gasteiger partial charge in [0.1, 0.15) is 39.3 Å². The molecule has 20 aromatic rings. The molecule has 0 atom stereocenters. The van der Waals surface area contributed by atoms with E-state index in [-0.39, 0.29) is 71.8 Å². The summed E-state index contributed by atoms with van der Waals surface area (Å²) in [7, 11) is 0. The molecular weight excluding hydrogens is 1920 g/mol. The summed E-state index contributed by atoms with van der Waals surface area (Å²) in [5.41, 5.74) is 12.9. The Bertz CT molecular complexity index is 8880.